The molecule has 0 radical (unpaired) electrons. The highest BCUT2D eigenvalue weighted by molar-refractivity contribution is 7.89. The van der Waals surface area contributed by atoms with E-state index in [1.165, 1.54) is 23.2 Å². The van der Waals surface area contributed by atoms with Gasteiger partial charge in [0.15, 0.2) is 5.03 Å². The topological polar surface area (TPSA) is 128 Å². The summed E-state index contributed by atoms with van der Waals surface area (Å²) in [6.45, 7) is 5.24. The van der Waals surface area contributed by atoms with Gasteiger partial charge in [-0.05, 0) is 13.8 Å². The first-order valence-corrected chi connectivity index (χ1v) is 11.3. The van der Waals surface area contributed by atoms with Crippen LogP contribution in [-0.2, 0) is 33.0 Å². The van der Waals surface area contributed by atoms with Gasteiger partial charge in [-0.3, -0.25) is 4.79 Å². The molecule has 4 rings (SSSR count). The second-order valence-electron chi connectivity index (χ2n) is 7.22. The van der Waals surface area contributed by atoms with E-state index in [9.17, 15) is 13.2 Å². The number of fused-ring (bicyclic) bond motifs is 1. The number of anilines is 1. The number of nitrogens with zero attached hydrogens (tertiary/aromatic N) is 8. The zero-order valence-corrected chi connectivity index (χ0v) is 18.4. The highest BCUT2D eigenvalue weighted by Gasteiger charge is 2.32. The fourth-order valence-electron chi connectivity index (χ4n) is 3.65. The second kappa shape index (κ2) is 8.23. The number of carbonyl (C=O) groups excluding carboxylic acids is 1. The molecule has 1 aliphatic rings. The molecule has 1 saturated heterocycles. The van der Waals surface area contributed by atoms with Crippen molar-refractivity contribution < 1.29 is 17.9 Å². The van der Waals surface area contributed by atoms with Gasteiger partial charge in [0.05, 0.1) is 19.4 Å². The highest BCUT2D eigenvalue weighted by Crippen LogP contribution is 2.26. The quantitative estimate of drug-likeness (QED) is 0.470. The van der Waals surface area contributed by atoms with Crippen molar-refractivity contribution in [1.29, 1.82) is 0 Å². The van der Waals surface area contributed by atoms with Gasteiger partial charge < -0.3 is 14.2 Å². The maximum atomic E-state index is 12.9. The zero-order valence-electron chi connectivity index (χ0n) is 17.6. The number of sulfonamides is 1. The van der Waals surface area contributed by atoms with E-state index in [-0.39, 0.29) is 37.1 Å². The van der Waals surface area contributed by atoms with E-state index < -0.39 is 10.0 Å². The molecule has 1 fully saturated rings. The predicted octanol–water partition coefficient (Wildman–Crippen LogP) is -0.217. The van der Waals surface area contributed by atoms with E-state index in [0.29, 0.717) is 35.9 Å². The molecular weight excluding hydrogens is 424 g/mol. The Kier molecular flexibility index (Phi) is 5.62. The number of carbonyl (C=O) groups is 1. The first kappa shape index (κ1) is 21.2. The summed E-state index contributed by atoms with van der Waals surface area (Å²) in [6, 6.07) is 0. The van der Waals surface area contributed by atoms with E-state index in [0.717, 1.165) is 0 Å². The fourth-order valence-corrected chi connectivity index (χ4v) is 5.04. The van der Waals surface area contributed by atoms with Crippen LogP contribution in [0.1, 0.15) is 18.2 Å². The third kappa shape index (κ3) is 3.97. The zero-order chi connectivity index (χ0) is 22.2. The summed E-state index contributed by atoms with van der Waals surface area (Å²) in [5.74, 6) is 0.746. The molecular formula is C18H24N8O4S. The van der Waals surface area contributed by atoms with Crippen LogP contribution in [0.3, 0.4) is 0 Å². The summed E-state index contributed by atoms with van der Waals surface area (Å²) < 4.78 is 35.5. The second-order valence-corrected chi connectivity index (χ2v) is 9.11. The van der Waals surface area contributed by atoms with Gasteiger partial charge in [-0.15, -0.1) is 0 Å². The van der Waals surface area contributed by atoms with Gasteiger partial charge in [0, 0.05) is 50.7 Å². The van der Waals surface area contributed by atoms with Gasteiger partial charge in [-0.2, -0.15) is 18.9 Å². The van der Waals surface area contributed by atoms with Gasteiger partial charge in [0.1, 0.15) is 12.1 Å². The van der Waals surface area contributed by atoms with Crippen molar-refractivity contribution in [2.24, 2.45) is 7.05 Å². The molecule has 31 heavy (non-hydrogen) atoms. The Morgan fingerprint density at radius 2 is 1.94 bits per heavy atom. The van der Waals surface area contributed by atoms with E-state index in [2.05, 4.69) is 20.1 Å². The SMILES string of the molecule is CCOC(=O)Cc1c(C)nc2ncnn2c1N1CCN(S(=O)(=O)c2cn(C)cn2)CC1. The van der Waals surface area contributed by atoms with Crippen LogP contribution in [0, 0.1) is 6.92 Å². The third-order valence-corrected chi connectivity index (χ3v) is 6.94. The Morgan fingerprint density at radius 1 is 1.19 bits per heavy atom. The molecule has 0 N–H and O–H groups in total. The standard InChI is InChI=1S/C18H24N8O4S/c1-4-30-16(27)9-14-13(2)22-18-19-11-21-26(18)17(14)24-5-7-25(8-6-24)31(28,29)15-10-23(3)12-20-15/h10-12H,4-9H2,1-3H3. The lowest BCUT2D eigenvalue weighted by atomic mass is 10.1. The Bertz CT molecular complexity index is 1210. The average molecular weight is 449 g/mol. The summed E-state index contributed by atoms with van der Waals surface area (Å²) in [4.78, 5) is 26.8. The fraction of sp³-hybridized carbons (Fsp3) is 0.500. The van der Waals surface area contributed by atoms with Gasteiger partial charge in [-0.25, -0.2) is 18.4 Å². The third-order valence-electron chi connectivity index (χ3n) is 5.15. The number of ether oxygens (including phenoxy) is 1. The van der Waals surface area contributed by atoms with Crippen LogP contribution >= 0.6 is 0 Å². The van der Waals surface area contributed by atoms with Crippen LogP contribution in [0.15, 0.2) is 23.9 Å². The minimum Gasteiger partial charge on any atom is -0.466 e. The van der Waals surface area contributed by atoms with Crippen LogP contribution in [-0.4, -0.2) is 80.6 Å². The van der Waals surface area contributed by atoms with Crippen molar-refractivity contribution in [3.63, 3.8) is 0 Å². The molecule has 3 aromatic rings. The van der Waals surface area contributed by atoms with Gasteiger partial charge in [0.25, 0.3) is 15.8 Å². The van der Waals surface area contributed by atoms with E-state index >= 15 is 0 Å². The average Bonchev–Trinajstić information content (AvgIpc) is 3.38. The number of hydrogen-bond donors (Lipinski definition) is 0. The largest absolute Gasteiger partial charge is 0.466 e. The van der Waals surface area contributed by atoms with Crippen LogP contribution in [0.5, 0.6) is 0 Å². The molecule has 0 spiro atoms. The lowest BCUT2D eigenvalue weighted by molar-refractivity contribution is -0.142. The van der Waals surface area contributed by atoms with Crippen molar-refractivity contribution in [3.8, 4) is 0 Å². The maximum Gasteiger partial charge on any atom is 0.310 e. The van der Waals surface area contributed by atoms with Gasteiger partial charge in [0.2, 0.25) is 0 Å². The number of rotatable bonds is 6. The summed E-state index contributed by atoms with van der Waals surface area (Å²) in [5, 5.41) is 4.30. The smallest absolute Gasteiger partial charge is 0.310 e. The van der Waals surface area contributed by atoms with Crippen molar-refractivity contribution in [1.82, 2.24) is 33.4 Å². The van der Waals surface area contributed by atoms with Gasteiger partial charge in [-0.1, -0.05) is 0 Å². The number of piperazine rings is 1. The Hall–Kier alpha value is -3.06. The summed E-state index contributed by atoms with van der Waals surface area (Å²) in [6.07, 6.45) is 4.40. The molecule has 0 aromatic carbocycles. The number of hydrogen-bond acceptors (Lipinski definition) is 9. The first-order valence-electron chi connectivity index (χ1n) is 9.89. The molecule has 4 heterocycles. The van der Waals surface area contributed by atoms with Crippen LogP contribution in [0.2, 0.25) is 0 Å². The summed E-state index contributed by atoms with van der Waals surface area (Å²) in [7, 11) is -1.94. The molecule has 0 aliphatic carbocycles. The first-order chi connectivity index (χ1) is 14.8. The van der Waals surface area contributed by atoms with Gasteiger partial charge >= 0.3 is 5.97 Å². The maximum absolute atomic E-state index is 12.9. The lowest BCUT2D eigenvalue weighted by Crippen LogP contribution is -2.49. The van der Waals surface area contributed by atoms with E-state index in [4.69, 9.17) is 4.74 Å². The molecule has 0 unspecified atom stereocenters. The van der Waals surface area contributed by atoms with E-state index in [1.807, 2.05) is 11.8 Å². The Labute approximate surface area is 179 Å². The molecule has 0 bridgehead atoms. The Morgan fingerprint density at radius 3 is 2.58 bits per heavy atom. The van der Waals surface area contributed by atoms with Crippen LogP contribution in [0.25, 0.3) is 5.78 Å². The van der Waals surface area contributed by atoms with E-state index in [1.54, 1.807) is 23.1 Å². The van der Waals surface area contributed by atoms with Crippen molar-refractivity contribution in [2.75, 3.05) is 37.7 Å². The van der Waals surface area contributed by atoms with Crippen LogP contribution in [0.4, 0.5) is 5.82 Å². The minimum absolute atomic E-state index is 0.0323. The summed E-state index contributed by atoms with van der Waals surface area (Å²) >= 11 is 0. The van der Waals surface area contributed by atoms with Crippen molar-refractivity contribution in [2.45, 2.75) is 25.3 Å². The molecule has 166 valence electrons. The Balaban J connectivity index is 1.62. The molecule has 3 aromatic heterocycles. The summed E-state index contributed by atoms with van der Waals surface area (Å²) in [5.41, 5.74) is 1.35. The monoisotopic (exact) mass is 448 g/mol. The molecule has 12 nitrogen and oxygen atoms in total. The number of aromatic nitrogens is 6. The number of aryl methyl sites for hydroxylation is 2. The van der Waals surface area contributed by atoms with Crippen molar-refractivity contribution >= 4 is 27.6 Å². The molecule has 0 amide bonds. The predicted molar refractivity (Wildman–Crippen MR) is 110 cm³/mol. The minimum atomic E-state index is -3.67. The molecule has 0 atom stereocenters. The normalized spacial score (nSPS) is 15.5. The van der Waals surface area contributed by atoms with Crippen molar-refractivity contribution in [3.05, 3.63) is 30.1 Å². The molecule has 1 aliphatic heterocycles. The lowest BCUT2D eigenvalue weighted by Gasteiger charge is -2.35. The molecule has 13 heteroatoms. The highest BCUT2D eigenvalue weighted by atomic mass is 32.2. The number of imidazole rings is 1. The van der Waals surface area contributed by atoms with Crippen LogP contribution < -0.4 is 4.90 Å². The molecule has 0 saturated carbocycles. The number of esters is 1.